The Morgan fingerprint density at radius 1 is 0.872 bits per heavy atom. The summed E-state index contributed by atoms with van der Waals surface area (Å²) in [6.07, 6.45) is 3.49. The summed E-state index contributed by atoms with van der Waals surface area (Å²) in [6, 6.07) is 12.4. The van der Waals surface area contributed by atoms with E-state index >= 15 is 0 Å². The SMILES string of the molecule is CC(C)Oc1ccccc1N1CCN(Cc2ccc(CN3CCCCCC3=O)o2)CC1.O=C(O)CCC(=O)O. The lowest BCUT2D eigenvalue weighted by Gasteiger charge is -2.36. The Bertz CT molecular complexity index is 1060. The molecule has 0 spiro atoms. The van der Waals surface area contributed by atoms with Crippen LogP contribution in [0.1, 0.15) is 63.9 Å². The molecule has 39 heavy (non-hydrogen) atoms. The maximum Gasteiger partial charge on any atom is 0.303 e. The molecule has 10 nitrogen and oxygen atoms in total. The van der Waals surface area contributed by atoms with Gasteiger partial charge in [-0.2, -0.15) is 0 Å². The summed E-state index contributed by atoms with van der Waals surface area (Å²) >= 11 is 0. The molecule has 1 aromatic heterocycles. The Morgan fingerprint density at radius 2 is 1.51 bits per heavy atom. The summed E-state index contributed by atoms with van der Waals surface area (Å²) in [5, 5.41) is 15.8. The first kappa shape index (κ1) is 30.0. The number of rotatable bonds is 10. The smallest absolute Gasteiger partial charge is 0.303 e. The number of aliphatic carboxylic acids is 2. The molecule has 2 saturated heterocycles. The van der Waals surface area contributed by atoms with Crippen LogP contribution in [0.2, 0.25) is 0 Å². The van der Waals surface area contributed by atoms with Crippen LogP contribution in [0.3, 0.4) is 0 Å². The number of carbonyl (C=O) groups is 3. The molecule has 2 aliphatic heterocycles. The first-order chi connectivity index (χ1) is 18.7. The fourth-order valence-corrected chi connectivity index (χ4v) is 4.64. The van der Waals surface area contributed by atoms with E-state index in [-0.39, 0.29) is 24.9 Å². The Hall–Kier alpha value is -3.53. The van der Waals surface area contributed by atoms with Gasteiger partial charge in [0.05, 0.1) is 37.7 Å². The number of hydrogen-bond donors (Lipinski definition) is 2. The topological polar surface area (TPSA) is 124 Å². The highest BCUT2D eigenvalue weighted by atomic mass is 16.5. The monoisotopic (exact) mass is 543 g/mol. The fourth-order valence-electron chi connectivity index (χ4n) is 4.64. The summed E-state index contributed by atoms with van der Waals surface area (Å²) < 4.78 is 12.1. The first-order valence-electron chi connectivity index (χ1n) is 13.7. The summed E-state index contributed by atoms with van der Waals surface area (Å²) in [5.74, 6) is 0.940. The zero-order valence-electron chi connectivity index (χ0n) is 23.0. The maximum atomic E-state index is 12.2. The van der Waals surface area contributed by atoms with Crippen molar-refractivity contribution in [3.63, 3.8) is 0 Å². The van der Waals surface area contributed by atoms with Crippen LogP contribution in [0.15, 0.2) is 40.8 Å². The minimum absolute atomic E-state index is 0.167. The summed E-state index contributed by atoms with van der Waals surface area (Å²) in [5.41, 5.74) is 1.18. The molecule has 2 N–H and O–H groups in total. The van der Waals surface area contributed by atoms with Gasteiger partial charge in [-0.25, -0.2) is 0 Å². The predicted octanol–water partition coefficient (Wildman–Crippen LogP) is 4.23. The van der Waals surface area contributed by atoms with E-state index in [4.69, 9.17) is 19.4 Å². The predicted molar refractivity (Wildman–Crippen MR) is 147 cm³/mol. The first-order valence-corrected chi connectivity index (χ1v) is 13.7. The molecule has 214 valence electrons. The van der Waals surface area contributed by atoms with Gasteiger partial charge in [0.25, 0.3) is 0 Å². The highest BCUT2D eigenvalue weighted by Gasteiger charge is 2.22. The number of benzene rings is 1. The molecule has 3 heterocycles. The number of carboxylic acid groups (broad SMARTS) is 2. The van der Waals surface area contributed by atoms with Gasteiger partial charge in [-0.1, -0.05) is 18.6 Å². The second kappa shape index (κ2) is 15.2. The van der Waals surface area contributed by atoms with Crippen LogP contribution >= 0.6 is 0 Å². The Kier molecular flexibility index (Phi) is 11.7. The molecular formula is C29H41N3O7. The van der Waals surface area contributed by atoms with Gasteiger partial charge < -0.3 is 29.2 Å². The lowest BCUT2D eigenvalue weighted by atomic mass is 10.2. The highest BCUT2D eigenvalue weighted by Crippen LogP contribution is 2.30. The number of furan rings is 1. The second-order valence-electron chi connectivity index (χ2n) is 10.2. The van der Waals surface area contributed by atoms with Crippen LogP contribution in [0, 0.1) is 0 Å². The Balaban J connectivity index is 0.000000459. The number of amides is 1. The van der Waals surface area contributed by atoms with E-state index < -0.39 is 11.9 Å². The zero-order valence-corrected chi connectivity index (χ0v) is 23.0. The van der Waals surface area contributed by atoms with Crippen LogP contribution in [-0.2, 0) is 27.5 Å². The van der Waals surface area contributed by atoms with Crippen LogP contribution in [-0.4, -0.2) is 76.7 Å². The van der Waals surface area contributed by atoms with Gasteiger partial charge in [-0.3, -0.25) is 19.3 Å². The van der Waals surface area contributed by atoms with Gasteiger partial charge in [-0.05, 0) is 51.0 Å². The average molecular weight is 544 g/mol. The number of anilines is 1. The lowest BCUT2D eigenvalue weighted by molar-refractivity contribution is -0.143. The molecule has 1 aromatic carbocycles. The molecule has 10 heteroatoms. The lowest BCUT2D eigenvalue weighted by Crippen LogP contribution is -2.46. The number of ether oxygens (including phenoxy) is 1. The van der Waals surface area contributed by atoms with Crippen molar-refractivity contribution in [3.05, 3.63) is 47.9 Å². The third-order valence-corrected chi connectivity index (χ3v) is 6.61. The van der Waals surface area contributed by atoms with E-state index in [0.717, 1.165) is 75.8 Å². The third kappa shape index (κ3) is 10.3. The van der Waals surface area contributed by atoms with Crippen molar-refractivity contribution >= 4 is 23.5 Å². The maximum absolute atomic E-state index is 12.2. The van der Waals surface area contributed by atoms with Gasteiger partial charge in [0.15, 0.2) is 0 Å². The van der Waals surface area contributed by atoms with E-state index in [1.807, 2.05) is 17.0 Å². The van der Waals surface area contributed by atoms with Crippen LogP contribution in [0.25, 0.3) is 0 Å². The van der Waals surface area contributed by atoms with Crippen molar-refractivity contribution < 1.29 is 33.8 Å². The quantitative estimate of drug-likeness (QED) is 0.453. The van der Waals surface area contributed by atoms with Crippen molar-refractivity contribution in [2.24, 2.45) is 0 Å². The van der Waals surface area contributed by atoms with Crippen molar-refractivity contribution in [1.29, 1.82) is 0 Å². The minimum atomic E-state index is -1.08. The number of piperazine rings is 1. The fraction of sp³-hybridized carbons (Fsp3) is 0.552. The normalized spacial score (nSPS) is 16.4. The number of nitrogens with zero attached hydrogens (tertiary/aromatic N) is 3. The molecule has 0 saturated carbocycles. The summed E-state index contributed by atoms with van der Waals surface area (Å²) in [4.78, 5) is 38.3. The molecule has 0 unspecified atom stereocenters. The summed E-state index contributed by atoms with van der Waals surface area (Å²) in [6.45, 7) is 10.3. The second-order valence-corrected chi connectivity index (χ2v) is 10.2. The number of para-hydroxylation sites is 2. The van der Waals surface area contributed by atoms with Gasteiger partial charge >= 0.3 is 11.9 Å². The van der Waals surface area contributed by atoms with Gasteiger partial charge in [0.2, 0.25) is 5.91 Å². The molecule has 2 aromatic rings. The van der Waals surface area contributed by atoms with E-state index in [2.05, 4.69) is 47.9 Å². The largest absolute Gasteiger partial charge is 0.489 e. The molecule has 4 rings (SSSR count). The molecule has 0 aliphatic carbocycles. The highest BCUT2D eigenvalue weighted by molar-refractivity contribution is 5.76. The standard InChI is InChI=1S/C25H35N3O3.C4H6O4/c1-20(2)30-24-9-6-5-8-23(24)27-16-14-26(15-17-27)18-21-11-12-22(31-21)19-28-13-7-3-4-10-25(28)29;5-3(6)1-2-4(7)8/h5-6,8-9,11-12,20H,3-4,7,10,13-19H2,1-2H3;1-2H2,(H,5,6)(H,7,8). The number of carboxylic acids is 2. The van der Waals surface area contributed by atoms with Gasteiger partial charge in [0.1, 0.15) is 17.3 Å². The molecule has 0 radical (unpaired) electrons. The average Bonchev–Trinajstić information content (AvgIpc) is 3.23. The van der Waals surface area contributed by atoms with Crippen LogP contribution in [0.5, 0.6) is 5.75 Å². The van der Waals surface area contributed by atoms with Crippen LogP contribution in [0.4, 0.5) is 5.69 Å². The zero-order chi connectivity index (χ0) is 28.2. The van der Waals surface area contributed by atoms with E-state index in [1.165, 1.54) is 5.69 Å². The summed E-state index contributed by atoms with van der Waals surface area (Å²) in [7, 11) is 0. The Morgan fingerprint density at radius 3 is 2.15 bits per heavy atom. The molecule has 0 atom stereocenters. The minimum Gasteiger partial charge on any atom is -0.489 e. The van der Waals surface area contributed by atoms with E-state index in [0.29, 0.717) is 13.0 Å². The molecule has 0 bridgehead atoms. The van der Waals surface area contributed by atoms with Crippen LogP contribution < -0.4 is 9.64 Å². The van der Waals surface area contributed by atoms with Crippen molar-refractivity contribution in [3.8, 4) is 5.75 Å². The van der Waals surface area contributed by atoms with Crippen molar-refractivity contribution in [2.75, 3.05) is 37.6 Å². The molecule has 2 aliphatic rings. The molecule has 1 amide bonds. The molecular weight excluding hydrogens is 502 g/mol. The van der Waals surface area contributed by atoms with Crippen molar-refractivity contribution in [1.82, 2.24) is 9.80 Å². The van der Waals surface area contributed by atoms with Crippen molar-refractivity contribution in [2.45, 2.75) is 71.6 Å². The number of carbonyl (C=O) groups excluding carboxylic acids is 1. The van der Waals surface area contributed by atoms with Gasteiger partial charge in [0, 0.05) is 39.1 Å². The van der Waals surface area contributed by atoms with Gasteiger partial charge in [-0.15, -0.1) is 0 Å². The van der Waals surface area contributed by atoms with E-state index in [9.17, 15) is 14.4 Å². The molecule has 2 fully saturated rings. The number of likely N-dealkylation sites (tertiary alicyclic amines) is 1. The third-order valence-electron chi connectivity index (χ3n) is 6.61. The number of hydrogen-bond acceptors (Lipinski definition) is 7. The van der Waals surface area contributed by atoms with E-state index in [1.54, 1.807) is 0 Å². The Labute approximate surface area is 230 Å².